The number of hydrogen-bond acceptors (Lipinski definition) is 1. The van der Waals surface area contributed by atoms with Gasteiger partial charge in [0.05, 0.1) is 0 Å². The Morgan fingerprint density at radius 2 is 1.70 bits per heavy atom. The lowest BCUT2D eigenvalue weighted by Crippen LogP contribution is -2.08. The van der Waals surface area contributed by atoms with E-state index in [2.05, 4.69) is 0 Å². The van der Waals surface area contributed by atoms with E-state index in [4.69, 9.17) is 0 Å². The Morgan fingerprint density at radius 3 is 2.50 bits per heavy atom. The number of aryl methyl sites for hydroxylation is 2. The molecule has 104 valence electrons. The zero-order chi connectivity index (χ0) is 14.1. The number of aliphatic hydroxyl groups excluding tert-OH is 1. The van der Waals surface area contributed by atoms with Crippen LogP contribution in [0.15, 0.2) is 36.4 Å². The molecule has 0 fully saturated rings. The first-order chi connectivity index (χ1) is 9.66. The maximum Gasteiger partial charge on any atom is 0.164 e. The minimum absolute atomic E-state index is 0.0132. The maximum absolute atomic E-state index is 13.7. The van der Waals surface area contributed by atoms with Crippen LogP contribution < -0.4 is 0 Å². The second kappa shape index (κ2) is 5.33. The molecular formula is C17H16F2O. The number of hydrogen-bond donors (Lipinski definition) is 1. The molecule has 0 amide bonds. The van der Waals surface area contributed by atoms with Crippen LogP contribution in [0.4, 0.5) is 8.78 Å². The van der Waals surface area contributed by atoms with Gasteiger partial charge in [0.25, 0.3) is 0 Å². The highest BCUT2D eigenvalue weighted by molar-refractivity contribution is 5.38. The molecule has 1 N–H and O–H groups in total. The fourth-order valence-electron chi connectivity index (χ4n) is 2.83. The van der Waals surface area contributed by atoms with Crippen LogP contribution in [-0.2, 0) is 12.8 Å². The van der Waals surface area contributed by atoms with Gasteiger partial charge in [-0.1, -0.05) is 30.3 Å². The SMILES string of the molecule is OC(c1ccc2c(c1)CCCC2)c1cccc(F)c1F. The van der Waals surface area contributed by atoms with Crippen molar-refractivity contribution in [3.8, 4) is 0 Å². The number of rotatable bonds is 2. The van der Waals surface area contributed by atoms with Crippen molar-refractivity contribution in [2.45, 2.75) is 31.8 Å². The van der Waals surface area contributed by atoms with Crippen molar-refractivity contribution in [2.24, 2.45) is 0 Å². The van der Waals surface area contributed by atoms with Gasteiger partial charge in [-0.05, 0) is 48.4 Å². The molecular weight excluding hydrogens is 258 g/mol. The molecule has 0 aliphatic heterocycles. The Labute approximate surface area is 116 Å². The van der Waals surface area contributed by atoms with Gasteiger partial charge in [-0.15, -0.1) is 0 Å². The van der Waals surface area contributed by atoms with E-state index in [1.165, 1.54) is 29.7 Å². The molecule has 0 bridgehead atoms. The topological polar surface area (TPSA) is 20.2 Å². The Balaban J connectivity index is 1.98. The molecule has 0 saturated carbocycles. The molecule has 3 heteroatoms. The van der Waals surface area contributed by atoms with Gasteiger partial charge in [-0.2, -0.15) is 0 Å². The van der Waals surface area contributed by atoms with Crippen LogP contribution in [0.3, 0.4) is 0 Å². The Bertz CT molecular complexity index is 637. The Hall–Kier alpha value is -1.74. The second-order valence-corrected chi connectivity index (χ2v) is 5.28. The van der Waals surface area contributed by atoms with E-state index in [-0.39, 0.29) is 5.56 Å². The average Bonchev–Trinajstić information content (AvgIpc) is 2.49. The molecule has 1 aliphatic carbocycles. The van der Waals surface area contributed by atoms with Crippen LogP contribution >= 0.6 is 0 Å². The standard InChI is InChI=1S/C17H16F2O/c18-15-7-3-6-14(16(15)19)17(20)13-9-8-11-4-1-2-5-12(11)10-13/h3,6-10,17,20H,1-2,4-5H2. The Kier molecular flexibility index (Phi) is 3.53. The minimum Gasteiger partial charge on any atom is -0.384 e. The molecule has 2 aromatic rings. The molecule has 1 unspecified atom stereocenters. The van der Waals surface area contributed by atoms with Crippen LogP contribution in [0.1, 0.15) is 41.2 Å². The third kappa shape index (κ3) is 2.34. The molecule has 0 saturated heterocycles. The first kappa shape index (κ1) is 13.3. The summed E-state index contributed by atoms with van der Waals surface area (Å²) in [5, 5.41) is 10.3. The monoisotopic (exact) mass is 274 g/mol. The Morgan fingerprint density at radius 1 is 0.950 bits per heavy atom. The van der Waals surface area contributed by atoms with E-state index in [0.29, 0.717) is 5.56 Å². The summed E-state index contributed by atoms with van der Waals surface area (Å²) in [6.45, 7) is 0. The van der Waals surface area contributed by atoms with Crippen LogP contribution in [-0.4, -0.2) is 5.11 Å². The molecule has 0 aromatic heterocycles. The molecule has 1 atom stereocenters. The summed E-state index contributed by atoms with van der Waals surface area (Å²) >= 11 is 0. The van der Waals surface area contributed by atoms with Crippen molar-refractivity contribution >= 4 is 0 Å². The van der Waals surface area contributed by atoms with E-state index in [1.54, 1.807) is 6.07 Å². The molecule has 0 heterocycles. The molecule has 2 aromatic carbocycles. The maximum atomic E-state index is 13.7. The van der Waals surface area contributed by atoms with E-state index in [9.17, 15) is 13.9 Å². The molecule has 3 rings (SSSR count). The van der Waals surface area contributed by atoms with Gasteiger partial charge in [-0.3, -0.25) is 0 Å². The van der Waals surface area contributed by atoms with Crippen LogP contribution in [0.25, 0.3) is 0 Å². The summed E-state index contributed by atoms with van der Waals surface area (Å²) in [4.78, 5) is 0. The number of benzene rings is 2. The normalized spacial score (nSPS) is 15.8. The minimum atomic E-state index is -1.13. The lowest BCUT2D eigenvalue weighted by molar-refractivity contribution is 0.213. The lowest BCUT2D eigenvalue weighted by Gasteiger charge is -2.19. The van der Waals surface area contributed by atoms with Gasteiger partial charge < -0.3 is 5.11 Å². The van der Waals surface area contributed by atoms with Crippen molar-refractivity contribution in [2.75, 3.05) is 0 Å². The summed E-state index contributed by atoms with van der Waals surface area (Å²) in [7, 11) is 0. The van der Waals surface area contributed by atoms with E-state index < -0.39 is 17.7 Å². The first-order valence-corrected chi connectivity index (χ1v) is 6.90. The van der Waals surface area contributed by atoms with Crippen LogP contribution in [0.2, 0.25) is 0 Å². The van der Waals surface area contributed by atoms with Crippen molar-refractivity contribution in [1.29, 1.82) is 0 Å². The third-order valence-corrected chi connectivity index (χ3v) is 3.96. The zero-order valence-corrected chi connectivity index (χ0v) is 11.1. The zero-order valence-electron chi connectivity index (χ0n) is 11.1. The number of halogens is 2. The predicted octanol–water partition coefficient (Wildman–Crippen LogP) is 3.93. The highest BCUT2D eigenvalue weighted by Gasteiger charge is 2.19. The van der Waals surface area contributed by atoms with Gasteiger partial charge in [0.1, 0.15) is 6.10 Å². The average molecular weight is 274 g/mol. The highest BCUT2D eigenvalue weighted by atomic mass is 19.2. The highest BCUT2D eigenvalue weighted by Crippen LogP contribution is 2.29. The second-order valence-electron chi connectivity index (χ2n) is 5.28. The molecule has 20 heavy (non-hydrogen) atoms. The molecule has 1 aliphatic rings. The smallest absolute Gasteiger partial charge is 0.164 e. The molecule has 0 radical (unpaired) electrons. The number of aliphatic hydroxyl groups is 1. The van der Waals surface area contributed by atoms with Crippen molar-refractivity contribution in [1.82, 2.24) is 0 Å². The van der Waals surface area contributed by atoms with E-state index >= 15 is 0 Å². The van der Waals surface area contributed by atoms with E-state index in [1.807, 2.05) is 12.1 Å². The van der Waals surface area contributed by atoms with Gasteiger partial charge in [0, 0.05) is 5.56 Å². The van der Waals surface area contributed by atoms with Crippen molar-refractivity contribution in [3.05, 3.63) is 70.3 Å². The summed E-state index contributed by atoms with van der Waals surface area (Å²) in [5.41, 5.74) is 3.12. The predicted molar refractivity (Wildman–Crippen MR) is 73.5 cm³/mol. The summed E-state index contributed by atoms with van der Waals surface area (Å²) < 4.78 is 27.0. The van der Waals surface area contributed by atoms with Gasteiger partial charge in [0.15, 0.2) is 11.6 Å². The lowest BCUT2D eigenvalue weighted by atomic mass is 9.88. The molecule has 0 spiro atoms. The van der Waals surface area contributed by atoms with Crippen LogP contribution in [0, 0.1) is 11.6 Å². The summed E-state index contributed by atoms with van der Waals surface area (Å²) in [6.07, 6.45) is 3.24. The quantitative estimate of drug-likeness (QED) is 0.880. The largest absolute Gasteiger partial charge is 0.384 e. The number of fused-ring (bicyclic) bond motifs is 1. The van der Waals surface area contributed by atoms with Gasteiger partial charge >= 0.3 is 0 Å². The van der Waals surface area contributed by atoms with Crippen molar-refractivity contribution < 1.29 is 13.9 Å². The van der Waals surface area contributed by atoms with Crippen LogP contribution in [0.5, 0.6) is 0 Å². The summed E-state index contributed by atoms with van der Waals surface area (Å²) in [5.74, 6) is -1.91. The van der Waals surface area contributed by atoms with E-state index in [0.717, 1.165) is 25.3 Å². The fourth-order valence-corrected chi connectivity index (χ4v) is 2.83. The fraction of sp³-hybridized carbons (Fsp3) is 0.294. The first-order valence-electron chi connectivity index (χ1n) is 6.90. The van der Waals surface area contributed by atoms with Gasteiger partial charge in [0.2, 0.25) is 0 Å². The summed E-state index contributed by atoms with van der Waals surface area (Å²) in [6, 6.07) is 9.60. The third-order valence-electron chi connectivity index (χ3n) is 3.96. The van der Waals surface area contributed by atoms with Gasteiger partial charge in [-0.25, -0.2) is 8.78 Å². The molecule has 1 nitrogen and oxygen atoms in total. The van der Waals surface area contributed by atoms with Crippen molar-refractivity contribution in [3.63, 3.8) is 0 Å².